The van der Waals surface area contributed by atoms with Crippen molar-refractivity contribution in [3.05, 3.63) is 51.8 Å². The van der Waals surface area contributed by atoms with Crippen molar-refractivity contribution in [2.75, 3.05) is 7.11 Å². The van der Waals surface area contributed by atoms with E-state index in [1.807, 2.05) is 31.2 Å². The lowest BCUT2D eigenvalue weighted by atomic mass is 10.1. The van der Waals surface area contributed by atoms with Gasteiger partial charge in [-0.15, -0.1) is 0 Å². The summed E-state index contributed by atoms with van der Waals surface area (Å²) in [6.07, 6.45) is 0.112. The van der Waals surface area contributed by atoms with E-state index in [0.29, 0.717) is 17.0 Å². The fourth-order valence-electron chi connectivity index (χ4n) is 1.92. The van der Waals surface area contributed by atoms with Crippen LogP contribution in [0.15, 0.2) is 35.1 Å². The highest BCUT2D eigenvalue weighted by atomic mass is 16.5. The van der Waals surface area contributed by atoms with Crippen LogP contribution in [-0.2, 0) is 6.42 Å². The average Bonchev–Trinajstić information content (AvgIpc) is 2.41. The molecule has 1 N–H and O–H groups in total. The van der Waals surface area contributed by atoms with Crippen molar-refractivity contribution >= 4 is 0 Å². The predicted molar refractivity (Wildman–Crippen MR) is 73.1 cm³/mol. The molecule has 4 heteroatoms. The van der Waals surface area contributed by atoms with Crippen molar-refractivity contribution in [2.45, 2.75) is 13.3 Å². The van der Waals surface area contributed by atoms with Gasteiger partial charge in [0.1, 0.15) is 5.75 Å². The molecule has 1 aromatic heterocycles. The lowest BCUT2D eigenvalue weighted by Gasteiger charge is -2.09. The number of nitrogens with one attached hydrogen (secondary N) is 1. The number of aromatic amines is 1. The molecule has 19 heavy (non-hydrogen) atoms. The number of rotatable bonds is 3. The first kappa shape index (κ1) is 12.9. The molecular weight excluding hydrogens is 240 g/mol. The number of H-pyrrole nitrogens is 1. The summed E-state index contributed by atoms with van der Waals surface area (Å²) < 4.78 is 5.30. The Balaban J connectivity index is 2.54. The Bertz CT molecular complexity index is 696. The zero-order valence-corrected chi connectivity index (χ0v) is 10.9. The third kappa shape index (κ3) is 2.66. The Morgan fingerprint density at radius 1 is 1.32 bits per heavy atom. The normalized spacial score (nSPS) is 9.95. The van der Waals surface area contributed by atoms with E-state index in [1.165, 1.54) is 0 Å². The second-order valence-electron chi connectivity index (χ2n) is 4.26. The van der Waals surface area contributed by atoms with E-state index in [2.05, 4.69) is 4.98 Å². The molecule has 96 valence electrons. The Kier molecular flexibility index (Phi) is 3.67. The highest BCUT2D eigenvalue weighted by Crippen LogP contribution is 2.28. The second kappa shape index (κ2) is 5.40. The zero-order valence-electron chi connectivity index (χ0n) is 10.9. The minimum atomic E-state index is -0.234. The molecule has 2 rings (SSSR count). The van der Waals surface area contributed by atoms with Gasteiger partial charge in [-0.25, -0.2) is 0 Å². The van der Waals surface area contributed by atoms with Gasteiger partial charge >= 0.3 is 0 Å². The van der Waals surface area contributed by atoms with Gasteiger partial charge < -0.3 is 9.72 Å². The van der Waals surface area contributed by atoms with Gasteiger partial charge in [-0.05, 0) is 25.1 Å². The van der Waals surface area contributed by atoms with E-state index in [4.69, 9.17) is 10.00 Å². The van der Waals surface area contributed by atoms with Crippen molar-refractivity contribution in [1.82, 2.24) is 4.98 Å². The molecule has 0 aliphatic heterocycles. The van der Waals surface area contributed by atoms with Crippen LogP contribution in [0.2, 0.25) is 0 Å². The summed E-state index contributed by atoms with van der Waals surface area (Å²) in [6.45, 7) is 1.98. The molecule has 0 aliphatic carbocycles. The number of nitriles is 1. The first-order chi connectivity index (χ1) is 9.15. The number of ether oxygens (including phenoxy) is 1. The van der Waals surface area contributed by atoms with E-state index < -0.39 is 0 Å². The molecule has 0 fully saturated rings. The van der Waals surface area contributed by atoms with Crippen LogP contribution in [0.25, 0.3) is 11.3 Å². The summed E-state index contributed by atoms with van der Waals surface area (Å²) in [5.41, 5.74) is 2.84. The van der Waals surface area contributed by atoms with E-state index >= 15 is 0 Å². The van der Waals surface area contributed by atoms with Crippen LogP contribution in [0.4, 0.5) is 0 Å². The van der Waals surface area contributed by atoms with Crippen molar-refractivity contribution < 1.29 is 4.74 Å². The van der Waals surface area contributed by atoms with Gasteiger partial charge in [0.05, 0.1) is 25.3 Å². The van der Waals surface area contributed by atoms with E-state index in [0.717, 1.165) is 11.1 Å². The SMILES string of the molecule is COc1ccc(C)cc1-c1ccc(CC#N)c(=O)[nH]1. The third-order valence-corrected chi connectivity index (χ3v) is 2.91. The smallest absolute Gasteiger partial charge is 0.252 e. The minimum absolute atomic E-state index is 0.112. The molecule has 0 atom stereocenters. The highest BCUT2D eigenvalue weighted by Gasteiger charge is 2.08. The number of pyridine rings is 1. The molecule has 0 radical (unpaired) electrons. The molecule has 1 heterocycles. The van der Waals surface area contributed by atoms with Crippen LogP contribution < -0.4 is 10.3 Å². The summed E-state index contributed by atoms with van der Waals surface area (Å²) in [5, 5.41) is 8.63. The lowest BCUT2D eigenvalue weighted by Crippen LogP contribution is -2.12. The Morgan fingerprint density at radius 2 is 2.11 bits per heavy atom. The number of methoxy groups -OCH3 is 1. The zero-order chi connectivity index (χ0) is 13.8. The van der Waals surface area contributed by atoms with Crippen LogP contribution in [0.3, 0.4) is 0 Å². The Hall–Kier alpha value is -2.54. The molecule has 0 spiro atoms. The van der Waals surface area contributed by atoms with Gasteiger partial charge in [0.15, 0.2) is 0 Å². The average molecular weight is 254 g/mol. The summed E-state index contributed by atoms with van der Waals surface area (Å²) >= 11 is 0. The molecule has 1 aromatic carbocycles. The number of hydrogen-bond donors (Lipinski definition) is 1. The molecule has 0 amide bonds. The molecular formula is C15H14N2O2. The van der Waals surface area contributed by atoms with Crippen LogP contribution in [0.5, 0.6) is 5.75 Å². The van der Waals surface area contributed by atoms with Gasteiger partial charge in [0, 0.05) is 11.1 Å². The number of benzene rings is 1. The van der Waals surface area contributed by atoms with Crippen LogP contribution in [0, 0.1) is 18.3 Å². The summed E-state index contributed by atoms with van der Waals surface area (Å²) in [7, 11) is 1.59. The fraction of sp³-hybridized carbons (Fsp3) is 0.200. The Morgan fingerprint density at radius 3 is 2.74 bits per heavy atom. The molecule has 0 unspecified atom stereocenters. The second-order valence-corrected chi connectivity index (χ2v) is 4.26. The van der Waals surface area contributed by atoms with Gasteiger partial charge in [-0.1, -0.05) is 17.7 Å². The van der Waals surface area contributed by atoms with Gasteiger partial charge in [-0.2, -0.15) is 5.26 Å². The van der Waals surface area contributed by atoms with E-state index in [9.17, 15) is 4.79 Å². The van der Waals surface area contributed by atoms with E-state index in [-0.39, 0.29) is 12.0 Å². The van der Waals surface area contributed by atoms with Gasteiger partial charge in [-0.3, -0.25) is 4.79 Å². The monoisotopic (exact) mass is 254 g/mol. The van der Waals surface area contributed by atoms with Crippen molar-refractivity contribution in [3.8, 4) is 23.1 Å². The van der Waals surface area contributed by atoms with E-state index in [1.54, 1.807) is 19.2 Å². The summed E-state index contributed by atoms with van der Waals surface area (Å²) in [6, 6.07) is 11.2. The summed E-state index contributed by atoms with van der Waals surface area (Å²) in [4.78, 5) is 14.6. The fourth-order valence-corrected chi connectivity index (χ4v) is 1.92. The summed E-state index contributed by atoms with van der Waals surface area (Å²) in [5.74, 6) is 0.703. The van der Waals surface area contributed by atoms with Gasteiger partial charge in [0.2, 0.25) is 0 Å². The number of nitrogens with zero attached hydrogens (tertiary/aromatic N) is 1. The van der Waals surface area contributed by atoms with Crippen LogP contribution in [-0.4, -0.2) is 12.1 Å². The number of aromatic nitrogens is 1. The molecule has 0 saturated carbocycles. The van der Waals surface area contributed by atoms with Crippen molar-refractivity contribution in [3.63, 3.8) is 0 Å². The molecule has 0 aliphatic rings. The predicted octanol–water partition coefficient (Wildman–Crippen LogP) is 2.42. The van der Waals surface area contributed by atoms with Crippen LogP contribution >= 0.6 is 0 Å². The standard InChI is InChI=1S/C15H14N2O2/c1-10-3-6-14(19-2)12(9-10)13-5-4-11(7-8-16)15(18)17-13/h3-6,9H,7H2,1-2H3,(H,17,18). The lowest BCUT2D eigenvalue weighted by molar-refractivity contribution is 0.416. The first-order valence-electron chi connectivity index (χ1n) is 5.90. The maximum Gasteiger partial charge on any atom is 0.252 e. The Labute approximate surface area is 111 Å². The topological polar surface area (TPSA) is 65.9 Å². The third-order valence-electron chi connectivity index (χ3n) is 2.91. The molecule has 0 bridgehead atoms. The van der Waals surface area contributed by atoms with Gasteiger partial charge in [0.25, 0.3) is 5.56 Å². The highest BCUT2D eigenvalue weighted by molar-refractivity contribution is 5.68. The maximum absolute atomic E-state index is 11.8. The molecule has 4 nitrogen and oxygen atoms in total. The molecule has 2 aromatic rings. The molecule has 0 saturated heterocycles. The maximum atomic E-state index is 11.8. The van der Waals surface area contributed by atoms with Crippen molar-refractivity contribution in [2.24, 2.45) is 0 Å². The number of aryl methyl sites for hydroxylation is 1. The van der Waals surface area contributed by atoms with Crippen LogP contribution in [0.1, 0.15) is 11.1 Å². The van der Waals surface area contributed by atoms with Crippen molar-refractivity contribution in [1.29, 1.82) is 5.26 Å². The first-order valence-corrected chi connectivity index (χ1v) is 5.90. The largest absolute Gasteiger partial charge is 0.496 e. The minimum Gasteiger partial charge on any atom is -0.496 e. The number of hydrogen-bond acceptors (Lipinski definition) is 3. The quantitative estimate of drug-likeness (QED) is 0.914.